The van der Waals surface area contributed by atoms with Gasteiger partial charge in [-0.25, -0.2) is 8.42 Å². The first-order valence-corrected chi connectivity index (χ1v) is 11.9. The lowest BCUT2D eigenvalue weighted by Gasteiger charge is -2.13. The summed E-state index contributed by atoms with van der Waals surface area (Å²) in [5.41, 5.74) is 1.03. The van der Waals surface area contributed by atoms with Crippen LogP contribution in [0.2, 0.25) is 0 Å². The lowest BCUT2D eigenvalue weighted by atomic mass is 10.3. The molecule has 0 aliphatic rings. The van der Waals surface area contributed by atoms with Gasteiger partial charge in [0.1, 0.15) is 0 Å². The van der Waals surface area contributed by atoms with E-state index in [0.29, 0.717) is 11.4 Å². The van der Waals surface area contributed by atoms with Gasteiger partial charge in [0, 0.05) is 20.7 Å². The van der Waals surface area contributed by atoms with E-state index < -0.39 is 10.0 Å². The summed E-state index contributed by atoms with van der Waals surface area (Å²) >= 11 is 4.84. The topological polar surface area (TPSA) is 75.3 Å². The van der Waals surface area contributed by atoms with Crippen molar-refractivity contribution < 1.29 is 13.2 Å². The van der Waals surface area contributed by atoms with Crippen molar-refractivity contribution in [3.05, 3.63) is 83.3 Å². The van der Waals surface area contributed by atoms with Gasteiger partial charge in [-0.15, -0.1) is 11.8 Å². The van der Waals surface area contributed by atoms with Gasteiger partial charge < -0.3 is 5.32 Å². The Morgan fingerprint density at radius 2 is 1.52 bits per heavy atom. The fourth-order valence-electron chi connectivity index (χ4n) is 2.45. The summed E-state index contributed by atoms with van der Waals surface area (Å²) < 4.78 is 28.4. The van der Waals surface area contributed by atoms with E-state index in [-0.39, 0.29) is 16.1 Å². The summed E-state index contributed by atoms with van der Waals surface area (Å²) in [5.74, 6) is -0.157. The summed E-state index contributed by atoms with van der Waals surface area (Å²) in [7, 11) is -3.69. The predicted octanol–water partition coefficient (Wildman–Crippen LogP) is 5.37. The van der Waals surface area contributed by atoms with Gasteiger partial charge in [-0.05, 0) is 67.6 Å². The molecule has 3 aromatic carbocycles. The van der Waals surface area contributed by atoms with E-state index in [1.54, 1.807) is 36.4 Å². The van der Waals surface area contributed by atoms with Crippen LogP contribution in [-0.4, -0.2) is 19.6 Å². The molecule has 3 rings (SSSR count). The zero-order valence-corrected chi connectivity index (χ0v) is 18.7. The number of hydrogen-bond donors (Lipinski definition) is 2. The quantitative estimate of drug-likeness (QED) is 0.436. The highest BCUT2D eigenvalue weighted by Crippen LogP contribution is 2.26. The highest BCUT2D eigenvalue weighted by Gasteiger charge is 2.17. The molecule has 0 unspecified atom stereocenters. The zero-order valence-electron chi connectivity index (χ0n) is 15.5. The molecular weight excluding hydrogens is 472 g/mol. The standard InChI is InChI=1S/C21H19BrN2O3S2/c1-15(28-19-11-7-16(22)8-12-19)21(25)23-17-9-13-20(14-10-17)29(26,27)24-18-5-3-2-4-6-18/h2-15,24H,1H3,(H,23,25)/t15-/m1/s1. The monoisotopic (exact) mass is 490 g/mol. The van der Waals surface area contributed by atoms with Crippen molar-refractivity contribution in [1.29, 1.82) is 0 Å². The zero-order chi connectivity index (χ0) is 20.9. The average Bonchev–Trinajstić information content (AvgIpc) is 2.70. The molecule has 0 fully saturated rings. The molecule has 150 valence electrons. The van der Waals surface area contributed by atoms with E-state index in [1.807, 2.05) is 37.3 Å². The minimum atomic E-state index is -3.69. The van der Waals surface area contributed by atoms with Gasteiger partial charge >= 0.3 is 0 Å². The molecule has 2 N–H and O–H groups in total. The molecule has 0 bridgehead atoms. The van der Waals surface area contributed by atoms with Crippen LogP contribution in [0.15, 0.2) is 93.1 Å². The number of benzene rings is 3. The largest absolute Gasteiger partial charge is 0.325 e. The maximum atomic E-state index is 12.5. The van der Waals surface area contributed by atoms with E-state index >= 15 is 0 Å². The van der Waals surface area contributed by atoms with E-state index in [9.17, 15) is 13.2 Å². The van der Waals surface area contributed by atoms with Crippen LogP contribution in [0.3, 0.4) is 0 Å². The number of para-hydroxylation sites is 1. The molecular formula is C21H19BrN2O3S2. The summed E-state index contributed by atoms with van der Waals surface area (Å²) in [4.78, 5) is 13.5. The highest BCUT2D eigenvalue weighted by atomic mass is 79.9. The van der Waals surface area contributed by atoms with E-state index in [1.165, 1.54) is 23.9 Å². The minimum absolute atomic E-state index is 0.122. The third-order valence-electron chi connectivity index (χ3n) is 3.95. The van der Waals surface area contributed by atoms with Crippen molar-refractivity contribution in [2.24, 2.45) is 0 Å². The predicted molar refractivity (Wildman–Crippen MR) is 122 cm³/mol. The maximum Gasteiger partial charge on any atom is 0.261 e. The molecule has 0 heterocycles. The van der Waals surface area contributed by atoms with Crippen LogP contribution in [0.5, 0.6) is 0 Å². The van der Waals surface area contributed by atoms with Gasteiger partial charge in [0.05, 0.1) is 10.1 Å². The van der Waals surface area contributed by atoms with Crippen LogP contribution in [0.4, 0.5) is 11.4 Å². The second kappa shape index (κ2) is 9.47. The van der Waals surface area contributed by atoms with Gasteiger partial charge in [-0.1, -0.05) is 34.1 Å². The Labute approximate surface area is 183 Å². The molecule has 3 aromatic rings. The number of carbonyl (C=O) groups excluding carboxylic acids is 1. The Morgan fingerprint density at radius 1 is 0.897 bits per heavy atom. The Bertz CT molecular complexity index is 1070. The first kappa shape index (κ1) is 21.4. The number of carbonyl (C=O) groups is 1. The molecule has 0 spiro atoms. The van der Waals surface area contributed by atoms with Gasteiger partial charge in [-0.2, -0.15) is 0 Å². The second-order valence-corrected chi connectivity index (χ2v) is 10.2. The fraction of sp³-hybridized carbons (Fsp3) is 0.0952. The van der Waals surface area contributed by atoms with Gasteiger partial charge in [0.15, 0.2) is 0 Å². The summed E-state index contributed by atoms with van der Waals surface area (Å²) in [6, 6.07) is 22.5. The van der Waals surface area contributed by atoms with Crippen molar-refractivity contribution in [1.82, 2.24) is 0 Å². The maximum absolute atomic E-state index is 12.5. The van der Waals surface area contributed by atoms with Crippen LogP contribution in [0, 0.1) is 0 Å². The van der Waals surface area contributed by atoms with E-state index in [4.69, 9.17) is 0 Å². The second-order valence-electron chi connectivity index (χ2n) is 6.20. The Hall–Kier alpha value is -2.29. The number of hydrogen-bond acceptors (Lipinski definition) is 4. The van der Waals surface area contributed by atoms with Crippen LogP contribution in [0.1, 0.15) is 6.92 Å². The number of amides is 1. The minimum Gasteiger partial charge on any atom is -0.325 e. The Morgan fingerprint density at radius 3 is 2.14 bits per heavy atom. The first-order chi connectivity index (χ1) is 13.8. The number of nitrogens with one attached hydrogen (secondary N) is 2. The number of halogens is 1. The smallest absolute Gasteiger partial charge is 0.261 e. The van der Waals surface area contributed by atoms with Crippen LogP contribution < -0.4 is 10.0 Å². The van der Waals surface area contributed by atoms with Crippen molar-refractivity contribution in [2.75, 3.05) is 10.0 Å². The lowest BCUT2D eigenvalue weighted by Crippen LogP contribution is -2.22. The SMILES string of the molecule is C[C@@H](Sc1ccc(Br)cc1)C(=O)Nc1ccc(S(=O)(=O)Nc2ccccc2)cc1. The normalized spacial score (nSPS) is 12.2. The molecule has 29 heavy (non-hydrogen) atoms. The third-order valence-corrected chi connectivity index (χ3v) is 6.99. The van der Waals surface area contributed by atoms with E-state index in [0.717, 1.165) is 9.37 Å². The molecule has 1 atom stereocenters. The fourth-order valence-corrected chi connectivity index (χ4v) is 4.64. The number of sulfonamides is 1. The lowest BCUT2D eigenvalue weighted by molar-refractivity contribution is -0.115. The van der Waals surface area contributed by atoms with Crippen molar-refractivity contribution in [2.45, 2.75) is 22.0 Å². The molecule has 5 nitrogen and oxygen atoms in total. The first-order valence-electron chi connectivity index (χ1n) is 8.74. The number of rotatable bonds is 7. The average molecular weight is 491 g/mol. The van der Waals surface area contributed by atoms with Crippen LogP contribution in [0.25, 0.3) is 0 Å². The third kappa shape index (κ3) is 6.09. The molecule has 8 heteroatoms. The van der Waals surface area contributed by atoms with Crippen LogP contribution in [-0.2, 0) is 14.8 Å². The van der Waals surface area contributed by atoms with Crippen molar-refractivity contribution in [3.8, 4) is 0 Å². The number of anilines is 2. The molecule has 0 saturated carbocycles. The summed E-state index contributed by atoms with van der Waals surface area (Å²) in [6.07, 6.45) is 0. The van der Waals surface area contributed by atoms with Crippen LogP contribution >= 0.6 is 27.7 Å². The van der Waals surface area contributed by atoms with Crippen molar-refractivity contribution in [3.63, 3.8) is 0 Å². The van der Waals surface area contributed by atoms with Crippen molar-refractivity contribution >= 4 is 55.0 Å². The number of thioether (sulfide) groups is 1. The molecule has 0 saturated heterocycles. The Kier molecular flexibility index (Phi) is 7.00. The molecule has 0 radical (unpaired) electrons. The molecule has 0 aromatic heterocycles. The highest BCUT2D eigenvalue weighted by molar-refractivity contribution is 9.10. The van der Waals surface area contributed by atoms with Gasteiger partial charge in [0.25, 0.3) is 10.0 Å². The molecule has 0 aliphatic carbocycles. The summed E-state index contributed by atoms with van der Waals surface area (Å²) in [5, 5.41) is 2.51. The van der Waals surface area contributed by atoms with Gasteiger partial charge in [-0.3, -0.25) is 9.52 Å². The molecule has 0 aliphatic heterocycles. The Balaban J connectivity index is 1.62. The summed E-state index contributed by atoms with van der Waals surface area (Å²) in [6.45, 7) is 1.82. The molecule has 1 amide bonds. The van der Waals surface area contributed by atoms with Gasteiger partial charge in [0.2, 0.25) is 5.91 Å². The van der Waals surface area contributed by atoms with E-state index in [2.05, 4.69) is 26.0 Å².